The van der Waals surface area contributed by atoms with Gasteiger partial charge in [-0.3, -0.25) is 4.79 Å². The van der Waals surface area contributed by atoms with Crippen molar-refractivity contribution in [2.75, 3.05) is 21.3 Å². The van der Waals surface area contributed by atoms with Crippen LogP contribution in [0.25, 0.3) is 0 Å². The van der Waals surface area contributed by atoms with E-state index in [2.05, 4.69) is 31.9 Å². The summed E-state index contributed by atoms with van der Waals surface area (Å²) in [5.41, 5.74) is 0.582. The van der Waals surface area contributed by atoms with Gasteiger partial charge in [-0.2, -0.15) is 0 Å². The Morgan fingerprint density at radius 1 is 0.852 bits per heavy atom. The second-order valence-corrected chi connectivity index (χ2v) is 6.97. The molecule has 0 radical (unpaired) electrons. The second kappa shape index (κ2) is 9.23. The lowest BCUT2D eigenvalue weighted by Crippen LogP contribution is -2.25. The zero-order chi connectivity index (χ0) is 20.1. The first-order chi connectivity index (χ1) is 12.9. The van der Waals surface area contributed by atoms with Crippen LogP contribution in [0.5, 0.6) is 17.2 Å². The molecule has 0 bridgehead atoms. The van der Waals surface area contributed by atoms with E-state index in [-0.39, 0.29) is 22.8 Å². The molecule has 2 aromatic carbocycles. The Morgan fingerprint density at radius 2 is 1.33 bits per heavy atom. The molecule has 0 aromatic heterocycles. The van der Waals surface area contributed by atoms with Gasteiger partial charge in [-0.15, -0.1) is 0 Å². The van der Waals surface area contributed by atoms with Crippen molar-refractivity contribution < 1.29 is 28.5 Å². The Morgan fingerprint density at radius 3 is 1.78 bits per heavy atom. The van der Waals surface area contributed by atoms with Gasteiger partial charge in [0.15, 0.2) is 17.6 Å². The van der Waals surface area contributed by atoms with Crippen molar-refractivity contribution in [1.82, 2.24) is 0 Å². The molecule has 2 rings (SSSR count). The average Bonchev–Trinajstić information content (AvgIpc) is 2.67. The van der Waals surface area contributed by atoms with Gasteiger partial charge in [0, 0.05) is 5.56 Å². The topological polar surface area (TPSA) is 71.1 Å². The minimum Gasteiger partial charge on any atom is -0.492 e. The molecule has 0 aliphatic heterocycles. The van der Waals surface area contributed by atoms with Crippen LogP contribution in [0.2, 0.25) is 0 Å². The van der Waals surface area contributed by atoms with Crippen LogP contribution < -0.4 is 14.2 Å². The molecule has 6 nitrogen and oxygen atoms in total. The number of halogens is 2. The van der Waals surface area contributed by atoms with E-state index in [0.29, 0.717) is 20.3 Å². The van der Waals surface area contributed by atoms with E-state index >= 15 is 0 Å². The molecule has 0 spiro atoms. The van der Waals surface area contributed by atoms with Crippen LogP contribution >= 0.6 is 31.9 Å². The fourth-order valence-electron chi connectivity index (χ4n) is 2.47. The zero-order valence-corrected chi connectivity index (χ0v) is 18.3. The minimum atomic E-state index is -0.974. The first kappa shape index (κ1) is 21.2. The van der Waals surface area contributed by atoms with Gasteiger partial charge in [-0.05, 0) is 38.8 Å². The SMILES string of the molecule is COc1c(Br)c(C(=O)OC(C)C(=O)c2ccccc2)c(Br)c(OC)c1OC. The number of carbonyl (C=O) groups excluding carboxylic acids is 2. The quantitative estimate of drug-likeness (QED) is 0.405. The number of ketones is 1. The number of carbonyl (C=O) groups is 2. The highest BCUT2D eigenvalue weighted by atomic mass is 79.9. The van der Waals surface area contributed by atoms with Crippen molar-refractivity contribution in [3.8, 4) is 17.2 Å². The van der Waals surface area contributed by atoms with E-state index in [9.17, 15) is 9.59 Å². The lowest BCUT2D eigenvalue weighted by molar-refractivity contribution is 0.0316. The minimum absolute atomic E-state index is 0.122. The zero-order valence-electron chi connectivity index (χ0n) is 15.2. The normalized spacial score (nSPS) is 11.5. The molecule has 0 amide bonds. The lowest BCUT2D eigenvalue weighted by Gasteiger charge is -2.19. The molecule has 0 fully saturated rings. The standard InChI is InChI=1S/C19H18Br2O6/c1-10(15(22)11-8-6-5-7-9-11)27-19(23)12-13(20)16(24-2)18(26-4)17(25-3)14(12)21/h5-10H,1-4H3. The van der Waals surface area contributed by atoms with Gasteiger partial charge in [0.2, 0.25) is 11.5 Å². The number of hydrogen-bond acceptors (Lipinski definition) is 6. The summed E-state index contributed by atoms with van der Waals surface area (Å²) >= 11 is 6.69. The van der Waals surface area contributed by atoms with E-state index in [1.807, 2.05) is 0 Å². The van der Waals surface area contributed by atoms with E-state index < -0.39 is 12.1 Å². The molecule has 144 valence electrons. The smallest absolute Gasteiger partial charge is 0.341 e. The number of rotatable bonds is 7. The Labute approximate surface area is 174 Å². The summed E-state index contributed by atoms with van der Waals surface area (Å²) in [6.45, 7) is 1.52. The van der Waals surface area contributed by atoms with Crippen LogP contribution in [0.4, 0.5) is 0 Å². The highest BCUT2D eigenvalue weighted by molar-refractivity contribution is 9.11. The molecule has 27 heavy (non-hydrogen) atoms. The molecule has 0 aliphatic carbocycles. The molecular weight excluding hydrogens is 484 g/mol. The summed E-state index contributed by atoms with van der Waals surface area (Å²) < 4.78 is 22.0. The third-order valence-electron chi connectivity index (χ3n) is 3.78. The largest absolute Gasteiger partial charge is 0.492 e. The van der Waals surface area contributed by atoms with Crippen molar-refractivity contribution in [3.63, 3.8) is 0 Å². The molecule has 0 heterocycles. The summed E-state index contributed by atoms with van der Waals surface area (Å²) in [4.78, 5) is 25.2. The molecular formula is C19H18Br2O6. The number of ether oxygens (including phenoxy) is 4. The van der Waals surface area contributed by atoms with Crippen LogP contribution in [0.3, 0.4) is 0 Å². The van der Waals surface area contributed by atoms with Gasteiger partial charge in [0.25, 0.3) is 0 Å². The van der Waals surface area contributed by atoms with Crippen molar-refractivity contribution in [1.29, 1.82) is 0 Å². The van der Waals surface area contributed by atoms with Crippen molar-refractivity contribution in [2.45, 2.75) is 13.0 Å². The molecule has 1 atom stereocenters. The van der Waals surface area contributed by atoms with Crippen LogP contribution in [0.15, 0.2) is 39.3 Å². The van der Waals surface area contributed by atoms with Gasteiger partial charge < -0.3 is 18.9 Å². The third kappa shape index (κ3) is 4.27. The summed E-state index contributed by atoms with van der Waals surface area (Å²) in [5.74, 6) is -0.171. The molecule has 1 unspecified atom stereocenters. The van der Waals surface area contributed by atoms with Gasteiger partial charge in [-0.25, -0.2) is 4.79 Å². The van der Waals surface area contributed by atoms with Crippen molar-refractivity contribution in [2.24, 2.45) is 0 Å². The van der Waals surface area contributed by atoms with E-state index in [1.54, 1.807) is 30.3 Å². The summed E-state index contributed by atoms with van der Waals surface area (Å²) in [5, 5.41) is 0. The van der Waals surface area contributed by atoms with Crippen molar-refractivity contribution in [3.05, 3.63) is 50.4 Å². The summed E-state index contributed by atoms with van der Waals surface area (Å²) in [7, 11) is 4.33. The fourth-order valence-corrected chi connectivity index (χ4v) is 4.14. The number of hydrogen-bond donors (Lipinski definition) is 0. The Kier molecular flexibility index (Phi) is 7.26. The Balaban J connectivity index is 2.40. The van der Waals surface area contributed by atoms with E-state index in [0.717, 1.165) is 0 Å². The maximum atomic E-state index is 12.8. The van der Waals surface area contributed by atoms with Gasteiger partial charge in [0.1, 0.15) is 0 Å². The van der Waals surface area contributed by atoms with Gasteiger partial charge in [0.05, 0.1) is 35.8 Å². The fraction of sp³-hybridized carbons (Fsp3) is 0.263. The maximum absolute atomic E-state index is 12.8. The molecule has 0 saturated heterocycles. The molecule has 0 N–H and O–H groups in total. The van der Waals surface area contributed by atoms with Crippen LogP contribution in [-0.2, 0) is 4.74 Å². The monoisotopic (exact) mass is 500 g/mol. The average molecular weight is 502 g/mol. The van der Waals surface area contributed by atoms with E-state index in [4.69, 9.17) is 18.9 Å². The Hall–Kier alpha value is -2.06. The highest BCUT2D eigenvalue weighted by Crippen LogP contribution is 2.50. The van der Waals surface area contributed by atoms with Gasteiger partial charge >= 0.3 is 5.97 Å². The molecule has 0 saturated carbocycles. The first-order valence-electron chi connectivity index (χ1n) is 7.84. The lowest BCUT2D eigenvalue weighted by atomic mass is 10.1. The third-order valence-corrected chi connectivity index (χ3v) is 5.29. The maximum Gasteiger partial charge on any atom is 0.341 e. The molecule has 0 aliphatic rings. The highest BCUT2D eigenvalue weighted by Gasteiger charge is 2.30. The second-order valence-electron chi connectivity index (χ2n) is 5.38. The van der Waals surface area contributed by atoms with Crippen molar-refractivity contribution >= 4 is 43.6 Å². The van der Waals surface area contributed by atoms with Gasteiger partial charge in [-0.1, -0.05) is 30.3 Å². The van der Waals surface area contributed by atoms with Crippen LogP contribution in [0.1, 0.15) is 27.6 Å². The number of methoxy groups -OCH3 is 3. The first-order valence-corrected chi connectivity index (χ1v) is 9.43. The Bertz CT molecular complexity index is 820. The molecule has 8 heteroatoms. The predicted molar refractivity (Wildman–Crippen MR) is 107 cm³/mol. The number of benzene rings is 2. The number of Topliss-reactive ketones (excluding diaryl/α,β-unsaturated/α-hetero) is 1. The number of esters is 1. The summed E-state index contributed by atoms with van der Waals surface area (Å²) in [6, 6.07) is 8.62. The molecule has 2 aromatic rings. The van der Waals surface area contributed by atoms with Crippen LogP contribution in [0, 0.1) is 0 Å². The summed E-state index contributed by atoms with van der Waals surface area (Å²) in [6.07, 6.45) is -0.974. The van der Waals surface area contributed by atoms with Crippen LogP contribution in [-0.4, -0.2) is 39.2 Å². The van der Waals surface area contributed by atoms with E-state index in [1.165, 1.54) is 28.3 Å². The predicted octanol–water partition coefficient (Wildman–Crippen LogP) is 4.67.